The van der Waals surface area contributed by atoms with Crippen molar-refractivity contribution in [1.29, 1.82) is 0 Å². The number of nitrogens with one attached hydrogen (secondary N) is 1. The van der Waals surface area contributed by atoms with Crippen LogP contribution in [0, 0.1) is 18.8 Å². The molecule has 0 aromatic heterocycles. The highest BCUT2D eigenvalue weighted by Gasteiger charge is 2.37. The van der Waals surface area contributed by atoms with Gasteiger partial charge in [-0.2, -0.15) is 4.99 Å². The fraction of sp³-hybridized carbons (Fsp3) is 0.583. The summed E-state index contributed by atoms with van der Waals surface area (Å²) in [5.74, 6) is 1.36. The highest BCUT2D eigenvalue weighted by Crippen LogP contribution is 2.39. The summed E-state index contributed by atoms with van der Waals surface area (Å²) >= 11 is 0. The molecule has 2 N–H and O–H groups in total. The first-order valence-corrected chi connectivity index (χ1v) is 16.7. The number of anilines is 1. The van der Waals surface area contributed by atoms with E-state index in [0.29, 0.717) is 23.8 Å². The summed E-state index contributed by atoms with van der Waals surface area (Å²) in [4.78, 5) is 38.2. The Balaban J connectivity index is 1.20. The number of aliphatic imine (C=N–C) groups is 1. The molecule has 2 saturated heterocycles. The van der Waals surface area contributed by atoms with Crippen molar-refractivity contribution >= 4 is 23.3 Å². The van der Waals surface area contributed by atoms with Gasteiger partial charge in [-0.3, -0.25) is 14.5 Å². The van der Waals surface area contributed by atoms with Crippen molar-refractivity contribution in [3.63, 3.8) is 0 Å². The van der Waals surface area contributed by atoms with E-state index in [9.17, 15) is 14.7 Å². The number of likely N-dealkylation sites (tertiary alicyclic amines) is 1. The predicted molar refractivity (Wildman–Crippen MR) is 175 cm³/mol. The smallest absolute Gasteiger partial charge is 0.278 e. The van der Waals surface area contributed by atoms with Crippen LogP contribution >= 0.6 is 0 Å². The van der Waals surface area contributed by atoms with E-state index in [1.165, 1.54) is 16.8 Å². The molecule has 3 aliphatic heterocycles. The molecule has 8 heteroatoms. The number of hydrogen-bond donors (Lipinski definition) is 2. The first kappa shape index (κ1) is 30.9. The lowest BCUT2D eigenvalue weighted by atomic mass is 9.83. The molecule has 1 saturated carbocycles. The van der Waals surface area contributed by atoms with Crippen molar-refractivity contribution in [3.05, 3.63) is 64.7 Å². The van der Waals surface area contributed by atoms with Gasteiger partial charge in [-0.1, -0.05) is 29.8 Å². The van der Waals surface area contributed by atoms with Crippen molar-refractivity contribution in [2.75, 3.05) is 44.2 Å². The Kier molecular flexibility index (Phi) is 9.22. The van der Waals surface area contributed by atoms with Gasteiger partial charge in [-0.25, -0.2) is 0 Å². The van der Waals surface area contributed by atoms with Gasteiger partial charge in [0.05, 0.1) is 5.60 Å². The molecular weight excluding hydrogens is 550 g/mol. The van der Waals surface area contributed by atoms with Crippen LogP contribution in [0.5, 0.6) is 0 Å². The molecule has 236 valence electrons. The second kappa shape index (κ2) is 13.1. The zero-order chi connectivity index (χ0) is 30.8. The molecule has 0 unspecified atom stereocenters. The van der Waals surface area contributed by atoms with E-state index in [1.54, 1.807) is 0 Å². The van der Waals surface area contributed by atoms with Crippen LogP contribution in [-0.4, -0.2) is 83.5 Å². The Labute approximate surface area is 262 Å². The van der Waals surface area contributed by atoms with E-state index in [2.05, 4.69) is 33.3 Å². The standard InChI is InChI=1S/C36H49N5O3/c1-25-4-7-27(8-5-25)34(42)38-33-23-29-9-6-26(24-39-18-14-30(15-19-39)36(2,3)44)22-32(29)41(33)31-12-10-28(11-13-31)35(43)40-20-16-37-17-21-40/h4-9,22,28,30-31,37,44H,10-21,23-24H2,1-3H3. The van der Waals surface area contributed by atoms with Crippen LogP contribution < -0.4 is 10.2 Å². The van der Waals surface area contributed by atoms with Crippen LogP contribution in [0.2, 0.25) is 0 Å². The van der Waals surface area contributed by atoms with Crippen LogP contribution in [0.4, 0.5) is 5.69 Å². The maximum Gasteiger partial charge on any atom is 0.278 e. The van der Waals surface area contributed by atoms with E-state index >= 15 is 0 Å². The first-order valence-electron chi connectivity index (χ1n) is 16.7. The molecular formula is C36H49N5O3. The topological polar surface area (TPSA) is 88.5 Å². The van der Waals surface area contributed by atoms with Gasteiger partial charge in [0.1, 0.15) is 5.84 Å². The quantitative estimate of drug-likeness (QED) is 0.506. The minimum Gasteiger partial charge on any atom is -0.390 e. The molecule has 44 heavy (non-hydrogen) atoms. The van der Waals surface area contributed by atoms with E-state index in [-0.39, 0.29) is 17.9 Å². The fourth-order valence-electron chi connectivity index (χ4n) is 7.63. The molecule has 4 aliphatic rings. The number of rotatable bonds is 6. The van der Waals surface area contributed by atoms with E-state index in [4.69, 9.17) is 4.99 Å². The first-order chi connectivity index (χ1) is 21.2. The molecule has 3 heterocycles. The minimum atomic E-state index is -0.624. The molecule has 0 radical (unpaired) electrons. The van der Waals surface area contributed by atoms with Gasteiger partial charge in [0.2, 0.25) is 5.91 Å². The summed E-state index contributed by atoms with van der Waals surface area (Å²) in [6.07, 6.45) is 6.22. The van der Waals surface area contributed by atoms with Gasteiger partial charge in [0.25, 0.3) is 5.91 Å². The number of hydrogen-bond acceptors (Lipinski definition) is 5. The van der Waals surface area contributed by atoms with Crippen LogP contribution in [0.25, 0.3) is 0 Å². The third-order valence-corrected chi connectivity index (χ3v) is 10.4. The minimum absolute atomic E-state index is 0.0826. The number of aryl methyl sites for hydroxylation is 1. The van der Waals surface area contributed by atoms with Gasteiger partial charge in [-0.05, 0) is 108 Å². The second-order valence-corrected chi connectivity index (χ2v) is 14.0. The highest BCUT2D eigenvalue weighted by atomic mass is 16.3. The summed E-state index contributed by atoms with van der Waals surface area (Å²) < 4.78 is 0. The van der Waals surface area contributed by atoms with Gasteiger partial charge < -0.3 is 20.2 Å². The molecule has 2 amide bonds. The molecule has 2 aromatic carbocycles. The number of carbonyl (C=O) groups is 2. The number of piperidine rings is 1. The Bertz CT molecular complexity index is 1360. The third kappa shape index (κ3) is 6.93. The summed E-state index contributed by atoms with van der Waals surface area (Å²) in [5.41, 5.74) is 4.75. The van der Waals surface area contributed by atoms with Crippen molar-refractivity contribution in [2.24, 2.45) is 16.8 Å². The molecule has 0 bridgehead atoms. The van der Waals surface area contributed by atoms with Gasteiger partial charge in [-0.15, -0.1) is 0 Å². The van der Waals surface area contributed by atoms with E-state index in [1.807, 2.05) is 49.9 Å². The molecule has 3 fully saturated rings. The molecule has 1 aliphatic carbocycles. The van der Waals surface area contributed by atoms with Crippen molar-refractivity contribution in [2.45, 2.75) is 83.9 Å². The zero-order valence-electron chi connectivity index (χ0n) is 26.7. The van der Waals surface area contributed by atoms with Gasteiger partial charge >= 0.3 is 0 Å². The number of aliphatic hydroxyl groups is 1. The molecule has 6 rings (SSSR count). The number of piperazine rings is 1. The van der Waals surface area contributed by atoms with Crippen LogP contribution in [0.3, 0.4) is 0 Å². The Morgan fingerprint density at radius 1 is 0.932 bits per heavy atom. The lowest BCUT2D eigenvalue weighted by Gasteiger charge is -2.38. The second-order valence-electron chi connectivity index (χ2n) is 14.0. The zero-order valence-corrected chi connectivity index (χ0v) is 26.7. The van der Waals surface area contributed by atoms with Crippen LogP contribution in [-0.2, 0) is 17.8 Å². The number of amides is 2. The largest absolute Gasteiger partial charge is 0.390 e. The summed E-state index contributed by atoms with van der Waals surface area (Å²) in [5, 5.41) is 13.8. The Morgan fingerprint density at radius 3 is 2.27 bits per heavy atom. The van der Waals surface area contributed by atoms with Crippen molar-refractivity contribution < 1.29 is 14.7 Å². The summed E-state index contributed by atoms with van der Waals surface area (Å²) in [6, 6.07) is 14.6. The SMILES string of the molecule is Cc1ccc(C(=O)N=C2Cc3ccc(CN4CCC(C(C)(C)O)CC4)cc3N2C2CCC(C(=O)N3CCNCC3)CC2)cc1. The monoisotopic (exact) mass is 599 g/mol. The molecule has 8 nitrogen and oxygen atoms in total. The summed E-state index contributed by atoms with van der Waals surface area (Å²) in [7, 11) is 0. The number of amidine groups is 1. The van der Waals surface area contributed by atoms with Crippen molar-refractivity contribution in [3.8, 4) is 0 Å². The normalized spacial score (nSPS) is 24.5. The van der Waals surface area contributed by atoms with Crippen LogP contribution in [0.15, 0.2) is 47.5 Å². The third-order valence-electron chi connectivity index (χ3n) is 10.4. The lowest BCUT2D eigenvalue weighted by Crippen LogP contribution is -2.49. The van der Waals surface area contributed by atoms with E-state index in [0.717, 1.165) is 95.7 Å². The number of carbonyl (C=O) groups excluding carboxylic acids is 2. The number of fused-ring (bicyclic) bond motifs is 1. The van der Waals surface area contributed by atoms with E-state index < -0.39 is 5.60 Å². The molecule has 0 atom stereocenters. The maximum absolute atomic E-state index is 13.3. The lowest BCUT2D eigenvalue weighted by molar-refractivity contribution is -0.137. The predicted octanol–water partition coefficient (Wildman–Crippen LogP) is 4.57. The maximum atomic E-state index is 13.3. The van der Waals surface area contributed by atoms with Gasteiger partial charge in [0.15, 0.2) is 0 Å². The van der Waals surface area contributed by atoms with Gasteiger partial charge in [0, 0.05) is 62.4 Å². The molecule has 0 spiro atoms. The Morgan fingerprint density at radius 2 is 1.61 bits per heavy atom. The fourth-order valence-corrected chi connectivity index (χ4v) is 7.63. The Hall–Kier alpha value is -3.07. The average molecular weight is 600 g/mol. The van der Waals surface area contributed by atoms with Crippen molar-refractivity contribution in [1.82, 2.24) is 15.1 Å². The average Bonchev–Trinajstić information content (AvgIpc) is 3.38. The van der Waals surface area contributed by atoms with Crippen LogP contribution in [0.1, 0.15) is 79.4 Å². The summed E-state index contributed by atoms with van der Waals surface area (Å²) in [6.45, 7) is 12.1. The number of nitrogens with zero attached hydrogens (tertiary/aromatic N) is 4. The molecule has 2 aromatic rings. The number of benzene rings is 2. The highest BCUT2D eigenvalue weighted by molar-refractivity contribution is 6.12.